The molecule has 4 heteroatoms. The van der Waals surface area contributed by atoms with E-state index in [0.29, 0.717) is 18.0 Å². The Hall–Kier alpha value is -1.32. The highest BCUT2D eigenvalue weighted by Gasteiger charge is 2.27. The highest BCUT2D eigenvalue weighted by atomic mass is 35.5. The van der Waals surface area contributed by atoms with Gasteiger partial charge in [0.25, 0.3) is 0 Å². The number of alkyl halides is 1. The summed E-state index contributed by atoms with van der Waals surface area (Å²) in [7, 11) is 2.21. The monoisotopic (exact) mass is 303 g/mol. The maximum atomic E-state index is 6.03. The minimum Gasteiger partial charge on any atom is -0.368 e. The number of likely N-dealkylation sites (N-methyl/N-ethyl adjacent to an activating group) is 1. The van der Waals surface area contributed by atoms with Gasteiger partial charge in [-0.2, -0.15) is 0 Å². The Kier molecular flexibility index (Phi) is 4.05. The maximum absolute atomic E-state index is 6.03. The molecule has 0 amide bonds. The van der Waals surface area contributed by atoms with Gasteiger partial charge in [0.15, 0.2) is 0 Å². The van der Waals surface area contributed by atoms with E-state index < -0.39 is 0 Å². The Morgan fingerprint density at radius 1 is 1.19 bits per heavy atom. The van der Waals surface area contributed by atoms with Crippen molar-refractivity contribution in [2.24, 2.45) is 0 Å². The average molecular weight is 304 g/mol. The SMILES string of the molecule is CC1CN(c2cc(CCl)nc3ccccc23)CC(C)N1C. The predicted octanol–water partition coefficient (Wildman–Crippen LogP) is 3.50. The van der Waals surface area contributed by atoms with Crippen LogP contribution in [-0.2, 0) is 5.88 Å². The summed E-state index contributed by atoms with van der Waals surface area (Å²) in [5, 5.41) is 1.22. The highest BCUT2D eigenvalue weighted by molar-refractivity contribution is 6.17. The molecule has 0 spiro atoms. The molecule has 0 aliphatic carbocycles. The van der Waals surface area contributed by atoms with E-state index in [9.17, 15) is 0 Å². The zero-order valence-electron chi connectivity index (χ0n) is 12.9. The first-order valence-electron chi connectivity index (χ1n) is 7.51. The fourth-order valence-electron chi connectivity index (χ4n) is 3.14. The first-order valence-corrected chi connectivity index (χ1v) is 8.05. The van der Waals surface area contributed by atoms with Crippen molar-refractivity contribution >= 4 is 28.2 Å². The summed E-state index contributed by atoms with van der Waals surface area (Å²) in [6.07, 6.45) is 0. The number of aromatic nitrogens is 1. The molecule has 1 aliphatic rings. The smallest absolute Gasteiger partial charge is 0.0726 e. The molecule has 3 rings (SSSR count). The lowest BCUT2D eigenvalue weighted by Crippen LogP contribution is -2.55. The Balaban J connectivity index is 2.07. The van der Waals surface area contributed by atoms with Crippen molar-refractivity contribution in [1.29, 1.82) is 0 Å². The molecule has 1 aromatic carbocycles. The van der Waals surface area contributed by atoms with Crippen molar-refractivity contribution in [3.8, 4) is 0 Å². The van der Waals surface area contributed by atoms with Gasteiger partial charge in [-0.15, -0.1) is 11.6 Å². The Labute approximate surface area is 131 Å². The molecule has 21 heavy (non-hydrogen) atoms. The molecule has 0 radical (unpaired) electrons. The molecule has 2 atom stereocenters. The summed E-state index contributed by atoms with van der Waals surface area (Å²) >= 11 is 6.03. The molecule has 1 saturated heterocycles. The molecule has 1 fully saturated rings. The third-order valence-electron chi connectivity index (χ3n) is 4.58. The van der Waals surface area contributed by atoms with Crippen molar-refractivity contribution in [2.45, 2.75) is 31.8 Å². The van der Waals surface area contributed by atoms with E-state index in [1.807, 2.05) is 6.07 Å². The third-order valence-corrected chi connectivity index (χ3v) is 4.86. The number of para-hydroxylation sites is 1. The fourth-order valence-corrected chi connectivity index (χ4v) is 3.28. The summed E-state index contributed by atoms with van der Waals surface area (Å²) in [5.41, 5.74) is 3.25. The Bertz CT molecular complexity index is 631. The van der Waals surface area contributed by atoms with Crippen LogP contribution in [0.25, 0.3) is 10.9 Å². The number of hydrogen-bond donors (Lipinski definition) is 0. The van der Waals surface area contributed by atoms with Gasteiger partial charge in [0.2, 0.25) is 0 Å². The van der Waals surface area contributed by atoms with Gasteiger partial charge in [-0.05, 0) is 33.0 Å². The standard InChI is InChI=1S/C17H22ClN3/c1-12-10-21(11-13(2)20(12)3)17-8-14(9-18)19-16-7-5-4-6-15(16)17/h4-8,12-13H,9-11H2,1-3H3. The second-order valence-electron chi connectivity index (χ2n) is 6.05. The molecule has 1 aromatic heterocycles. The van der Waals surface area contributed by atoms with E-state index in [4.69, 9.17) is 11.6 Å². The number of nitrogens with zero attached hydrogens (tertiary/aromatic N) is 3. The second kappa shape index (κ2) is 5.82. The first-order chi connectivity index (χ1) is 10.1. The molecule has 2 aromatic rings. The number of halogens is 1. The fraction of sp³-hybridized carbons (Fsp3) is 0.471. The molecular weight excluding hydrogens is 282 g/mol. The lowest BCUT2D eigenvalue weighted by Gasteiger charge is -2.43. The number of piperazine rings is 1. The van der Waals surface area contributed by atoms with Crippen LogP contribution in [0, 0.1) is 0 Å². The summed E-state index contributed by atoms with van der Waals surface area (Å²) in [5.74, 6) is 0.455. The summed E-state index contributed by atoms with van der Waals surface area (Å²) in [6, 6.07) is 11.6. The van der Waals surface area contributed by atoms with Crippen molar-refractivity contribution in [2.75, 3.05) is 25.0 Å². The zero-order chi connectivity index (χ0) is 15.0. The van der Waals surface area contributed by atoms with E-state index in [0.717, 1.165) is 24.3 Å². The van der Waals surface area contributed by atoms with Crippen LogP contribution in [0.2, 0.25) is 0 Å². The van der Waals surface area contributed by atoms with E-state index in [1.54, 1.807) is 0 Å². The third kappa shape index (κ3) is 2.72. The van der Waals surface area contributed by atoms with Gasteiger partial charge in [-0.1, -0.05) is 18.2 Å². The minimum atomic E-state index is 0.455. The molecule has 0 bridgehead atoms. The highest BCUT2D eigenvalue weighted by Crippen LogP contribution is 2.30. The van der Waals surface area contributed by atoms with Gasteiger partial charge in [-0.25, -0.2) is 0 Å². The molecule has 2 heterocycles. The number of pyridine rings is 1. The molecule has 0 saturated carbocycles. The summed E-state index contributed by atoms with van der Waals surface area (Å²) in [4.78, 5) is 9.56. The van der Waals surface area contributed by atoms with E-state index >= 15 is 0 Å². The predicted molar refractivity (Wildman–Crippen MR) is 90.2 cm³/mol. The zero-order valence-corrected chi connectivity index (χ0v) is 13.6. The lowest BCUT2D eigenvalue weighted by molar-refractivity contribution is 0.170. The van der Waals surface area contributed by atoms with Crippen molar-refractivity contribution in [1.82, 2.24) is 9.88 Å². The first kappa shape index (κ1) is 14.6. The molecule has 112 valence electrons. The summed E-state index contributed by atoms with van der Waals surface area (Å²) < 4.78 is 0. The number of rotatable bonds is 2. The molecule has 1 aliphatic heterocycles. The molecule has 0 N–H and O–H groups in total. The second-order valence-corrected chi connectivity index (χ2v) is 6.32. The van der Waals surface area contributed by atoms with Crippen molar-refractivity contribution in [3.63, 3.8) is 0 Å². The quantitative estimate of drug-likeness (QED) is 0.792. The molecule has 2 unspecified atom stereocenters. The van der Waals surface area contributed by atoms with Crippen LogP contribution in [0.15, 0.2) is 30.3 Å². The number of anilines is 1. The largest absolute Gasteiger partial charge is 0.368 e. The van der Waals surface area contributed by atoms with Crippen LogP contribution < -0.4 is 4.90 Å². The maximum Gasteiger partial charge on any atom is 0.0726 e. The van der Waals surface area contributed by atoms with Crippen LogP contribution in [0.3, 0.4) is 0 Å². The van der Waals surface area contributed by atoms with Crippen LogP contribution in [0.1, 0.15) is 19.5 Å². The van der Waals surface area contributed by atoms with Gasteiger partial charge in [-0.3, -0.25) is 9.88 Å². The van der Waals surface area contributed by atoms with Crippen LogP contribution in [-0.4, -0.2) is 42.1 Å². The van der Waals surface area contributed by atoms with Gasteiger partial charge in [0, 0.05) is 36.2 Å². The van der Waals surface area contributed by atoms with E-state index in [1.165, 1.54) is 11.1 Å². The Morgan fingerprint density at radius 3 is 2.52 bits per heavy atom. The van der Waals surface area contributed by atoms with Crippen molar-refractivity contribution < 1.29 is 0 Å². The van der Waals surface area contributed by atoms with E-state index in [2.05, 4.69) is 59.9 Å². The number of fused-ring (bicyclic) bond motifs is 1. The minimum absolute atomic E-state index is 0.455. The van der Waals surface area contributed by atoms with Gasteiger partial charge in [0.1, 0.15) is 0 Å². The molecular formula is C17H22ClN3. The summed E-state index contributed by atoms with van der Waals surface area (Å²) in [6.45, 7) is 6.65. The number of benzene rings is 1. The van der Waals surface area contributed by atoms with E-state index in [-0.39, 0.29) is 0 Å². The van der Waals surface area contributed by atoms with Crippen LogP contribution in [0.5, 0.6) is 0 Å². The Morgan fingerprint density at radius 2 is 1.86 bits per heavy atom. The number of hydrogen-bond acceptors (Lipinski definition) is 3. The van der Waals surface area contributed by atoms with Gasteiger partial charge < -0.3 is 4.90 Å². The topological polar surface area (TPSA) is 19.4 Å². The lowest BCUT2D eigenvalue weighted by atomic mass is 10.1. The van der Waals surface area contributed by atoms with Crippen LogP contribution in [0.4, 0.5) is 5.69 Å². The normalized spacial score (nSPS) is 23.7. The average Bonchev–Trinajstić information content (AvgIpc) is 2.51. The van der Waals surface area contributed by atoms with Crippen molar-refractivity contribution in [3.05, 3.63) is 36.0 Å². The molecule has 3 nitrogen and oxygen atoms in total. The van der Waals surface area contributed by atoms with Gasteiger partial charge >= 0.3 is 0 Å². The van der Waals surface area contributed by atoms with Gasteiger partial charge in [0.05, 0.1) is 17.1 Å². The van der Waals surface area contributed by atoms with Crippen LogP contribution >= 0.6 is 11.6 Å².